The zero-order valence-electron chi connectivity index (χ0n) is 4.96. The minimum Gasteiger partial charge on any atom is -0.365 e. The zero-order chi connectivity index (χ0) is 6.69. The van der Waals surface area contributed by atoms with Crippen LogP contribution in [0, 0.1) is 0 Å². The second-order valence-electron chi connectivity index (χ2n) is 1.97. The van der Waals surface area contributed by atoms with E-state index in [1.165, 1.54) is 0 Å². The number of halogens is 1. The first-order valence-corrected chi connectivity index (χ1v) is 3.42. The summed E-state index contributed by atoms with van der Waals surface area (Å²) in [5.41, 5.74) is 0. The largest absolute Gasteiger partial charge is 0.365 e. The molecule has 2 atom stereocenters. The van der Waals surface area contributed by atoms with Gasteiger partial charge in [0.05, 0.1) is 6.10 Å². The third kappa shape index (κ3) is 1.97. The highest BCUT2D eigenvalue weighted by atomic mass is 35.5. The molecule has 0 aromatic carbocycles. The van der Waals surface area contributed by atoms with Gasteiger partial charge in [-0.2, -0.15) is 0 Å². The highest BCUT2D eigenvalue weighted by molar-refractivity contribution is 6.18. The first-order chi connectivity index (χ1) is 4.33. The molecule has 3 heteroatoms. The highest BCUT2D eigenvalue weighted by Crippen LogP contribution is 2.10. The van der Waals surface area contributed by atoms with Crippen molar-refractivity contribution >= 4 is 11.6 Å². The maximum absolute atomic E-state index is 8.84. The average Bonchev–Trinajstić information content (AvgIpc) is 1.88. The Bertz CT molecular complexity index is 114. The Kier molecular flexibility index (Phi) is 2.51. The molecule has 0 saturated heterocycles. The summed E-state index contributed by atoms with van der Waals surface area (Å²) in [7, 11) is 0. The molecule has 1 heterocycles. The molecule has 2 unspecified atom stereocenters. The number of rotatable bonds is 1. The number of aliphatic hydroxyl groups excluding tert-OH is 1. The zero-order valence-corrected chi connectivity index (χ0v) is 5.71. The van der Waals surface area contributed by atoms with Crippen molar-refractivity contribution in [3.05, 3.63) is 12.2 Å². The van der Waals surface area contributed by atoms with E-state index in [-0.39, 0.29) is 6.10 Å². The number of hydrogen-bond acceptors (Lipinski definition) is 2. The number of ether oxygens (including phenoxy) is 1. The topological polar surface area (TPSA) is 29.5 Å². The summed E-state index contributed by atoms with van der Waals surface area (Å²) in [6.07, 6.45) is 3.54. The summed E-state index contributed by atoms with van der Waals surface area (Å²) >= 11 is 5.48. The Morgan fingerprint density at radius 2 is 2.56 bits per heavy atom. The van der Waals surface area contributed by atoms with Crippen LogP contribution in [0.3, 0.4) is 0 Å². The third-order valence-electron chi connectivity index (χ3n) is 1.20. The molecule has 0 aromatic heterocycles. The summed E-state index contributed by atoms with van der Waals surface area (Å²) < 4.78 is 4.97. The number of aliphatic hydroxyl groups is 1. The molecule has 1 aliphatic rings. The Balaban J connectivity index is 2.38. The first kappa shape index (κ1) is 7.06. The van der Waals surface area contributed by atoms with Gasteiger partial charge in [0.2, 0.25) is 0 Å². The molecule has 1 rings (SSSR count). The average molecular weight is 149 g/mol. The standard InChI is InChI=1S/C6H9ClO2/c7-4-5-2-1-3-6(8)9-5/h1,3,5-6,8H,2,4H2. The molecular formula is C6H9ClO2. The summed E-state index contributed by atoms with van der Waals surface area (Å²) in [5, 5.41) is 8.84. The Labute approximate surface area is 59.1 Å². The van der Waals surface area contributed by atoms with Crippen molar-refractivity contribution in [1.82, 2.24) is 0 Å². The summed E-state index contributed by atoms with van der Waals surface area (Å²) in [4.78, 5) is 0. The van der Waals surface area contributed by atoms with Gasteiger partial charge in [0.25, 0.3) is 0 Å². The Morgan fingerprint density at radius 1 is 1.78 bits per heavy atom. The van der Waals surface area contributed by atoms with E-state index in [1.54, 1.807) is 6.08 Å². The fourth-order valence-electron chi connectivity index (χ4n) is 0.744. The second-order valence-corrected chi connectivity index (χ2v) is 2.28. The lowest BCUT2D eigenvalue weighted by Gasteiger charge is -2.19. The SMILES string of the molecule is OC1C=CCC(CCl)O1. The monoisotopic (exact) mass is 148 g/mol. The molecule has 0 saturated carbocycles. The molecular weight excluding hydrogens is 140 g/mol. The van der Waals surface area contributed by atoms with Crippen LogP contribution in [0.25, 0.3) is 0 Å². The van der Waals surface area contributed by atoms with Gasteiger partial charge in [-0.3, -0.25) is 0 Å². The predicted molar refractivity (Wildman–Crippen MR) is 35.4 cm³/mol. The normalized spacial score (nSPS) is 34.9. The van der Waals surface area contributed by atoms with Gasteiger partial charge in [0, 0.05) is 5.88 Å². The van der Waals surface area contributed by atoms with Gasteiger partial charge < -0.3 is 9.84 Å². The lowest BCUT2D eigenvalue weighted by molar-refractivity contribution is -0.103. The fourth-order valence-corrected chi connectivity index (χ4v) is 0.943. The predicted octanol–water partition coefficient (Wildman–Crippen LogP) is 0.889. The molecule has 1 N–H and O–H groups in total. The van der Waals surface area contributed by atoms with Gasteiger partial charge in [0.1, 0.15) is 0 Å². The van der Waals surface area contributed by atoms with Crippen molar-refractivity contribution in [2.45, 2.75) is 18.8 Å². The molecule has 0 radical (unpaired) electrons. The van der Waals surface area contributed by atoms with Gasteiger partial charge >= 0.3 is 0 Å². The molecule has 2 nitrogen and oxygen atoms in total. The smallest absolute Gasteiger partial charge is 0.174 e. The van der Waals surface area contributed by atoms with Crippen LogP contribution in [-0.2, 0) is 4.74 Å². The van der Waals surface area contributed by atoms with E-state index in [2.05, 4.69) is 0 Å². The van der Waals surface area contributed by atoms with Crippen molar-refractivity contribution in [1.29, 1.82) is 0 Å². The lowest BCUT2D eigenvalue weighted by atomic mass is 10.2. The van der Waals surface area contributed by atoms with E-state index in [1.807, 2.05) is 6.08 Å². The molecule has 9 heavy (non-hydrogen) atoms. The van der Waals surface area contributed by atoms with E-state index >= 15 is 0 Å². The molecule has 0 amide bonds. The third-order valence-corrected chi connectivity index (χ3v) is 1.55. The molecule has 52 valence electrons. The molecule has 0 bridgehead atoms. The van der Waals surface area contributed by atoms with Crippen molar-refractivity contribution in [3.8, 4) is 0 Å². The van der Waals surface area contributed by atoms with Gasteiger partial charge in [0.15, 0.2) is 6.29 Å². The van der Waals surface area contributed by atoms with Crippen molar-refractivity contribution in [2.24, 2.45) is 0 Å². The number of alkyl halides is 1. The molecule has 0 spiro atoms. The lowest BCUT2D eigenvalue weighted by Crippen LogP contribution is -2.24. The van der Waals surface area contributed by atoms with Crippen LogP contribution in [-0.4, -0.2) is 23.4 Å². The minimum absolute atomic E-state index is 0.00772. The first-order valence-electron chi connectivity index (χ1n) is 2.89. The van der Waals surface area contributed by atoms with Gasteiger partial charge in [-0.05, 0) is 12.5 Å². The van der Waals surface area contributed by atoms with Crippen LogP contribution in [0.2, 0.25) is 0 Å². The van der Waals surface area contributed by atoms with Crippen molar-refractivity contribution in [2.75, 3.05) is 5.88 Å². The second kappa shape index (κ2) is 3.20. The molecule has 0 fully saturated rings. The van der Waals surface area contributed by atoms with Crippen LogP contribution >= 0.6 is 11.6 Å². The van der Waals surface area contributed by atoms with E-state index in [0.29, 0.717) is 5.88 Å². The van der Waals surface area contributed by atoms with E-state index in [9.17, 15) is 0 Å². The van der Waals surface area contributed by atoms with Crippen molar-refractivity contribution in [3.63, 3.8) is 0 Å². The quantitative estimate of drug-likeness (QED) is 0.442. The summed E-state index contributed by atoms with van der Waals surface area (Å²) in [6, 6.07) is 0. The number of hydrogen-bond donors (Lipinski definition) is 1. The van der Waals surface area contributed by atoms with Crippen LogP contribution in [0.15, 0.2) is 12.2 Å². The molecule has 0 aromatic rings. The van der Waals surface area contributed by atoms with Crippen LogP contribution in [0.4, 0.5) is 0 Å². The maximum Gasteiger partial charge on any atom is 0.174 e. The van der Waals surface area contributed by atoms with Gasteiger partial charge in [-0.15, -0.1) is 11.6 Å². The van der Waals surface area contributed by atoms with Crippen LogP contribution < -0.4 is 0 Å². The Morgan fingerprint density at radius 3 is 3.00 bits per heavy atom. The van der Waals surface area contributed by atoms with E-state index in [4.69, 9.17) is 21.4 Å². The maximum atomic E-state index is 8.84. The van der Waals surface area contributed by atoms with E-state index in [0.717, 1.165) is 6.42 Å². The van der Waals surface area contributed by atoms with Gasteiger partial charge in [-0.1, -0.05) is 6.08 Å². The minimum atomic E-state index is -0.748. The van der Waals surface area contributed by atoms with Crippen LogP contribution in [0.1, 0.15) is 6.42 Å². The highest BCUT2D eigenvalue weighted by Gasteiger charge is 2.13. The molecule has 1 aliphatic heterocycles. The van der Waals surface area contributed by atoms with Crippen molar-refractivity contribution < 1.29 is 9.84 Å². The fraction of sp³-hybridized carbons (Fsp3) is 0.667. The van der Waals surface area contributed by atoms with Crippen LogP contribution in [0.5, 0.6) is 0 Å². The van der Waals surface area contributed by atoms with E-state index < -0.39 is 6.29 Å². The summed E-state index contributed by atoms with van der Waals surface area (Å²) in [5.74, 6) is 0.446. The summed E-state index contributed by atoms with van der Waals surface area (Å²) in [6.45, 7) is 0. The molecule has 0 aliphatic carbocycles. The Hall–Kier alpha value is -0.0500. The van der Waals surface area contributed by atoms with Gasteiger partial charge in [-0.25, -0.2) is 0 Å².